The Balaban J connectivity index is 2.44. The highest BCUT2D eigenvalue weighted by Gasteiger charge is 2.32. The zero-order valence-corrected chi connectivity index (χ0v) is 11.6. The van der Waals surface area contributed by atoms with Crippen molar-refractivity contribution >= 4 is 29.0 Å². The number of methoxy groups -OCH3 is 2. The molecule has 1 heterocycles. The summed E-state index contributed by atoms with van der Waals surface area (Å²) in [6.45, 7) is 0. The third-order valence-electron chi connectivity index (χ3n) is 2.71. The number of likely N-dealkylation sites (N-methyl/N-ethyl adjacent to an activating group) is 1. The van der Waals surface area contributed by atoms with Gasteiger partial charge in [-0.15, -0.1) is 0 Å². The number of carbonyl (C=O) groups is 2. The SMILES string of the molecule is COc1cccc(/C=C2\SC(=O)N(C)C2=O)c1OC. The maximum Gasteiger partial charge on any atom is 0.293 e. The second-order valence-electron chi connectivity index (χ2n) is 3.82. The van der Waals surface area contributed by atoms with Gasteiger partial charge in [0.25, 0.3) is 11.1 Å². The Hall–Kier alpha value is -1.95. The minimum absolute atomic E-state index is 0.280. The van der Waals surface area contributed by atoms with Crippen LogP contribution >= 0.6 is 11.8 Å². The Bertz CT molecular complexity index is 568. The molecule has 6 heteroatoms. The lowest BCUT2D eigenvalue weighted by molar-refractivity contribution is -0.121. The summed E-state index contributed by atoms with van der Waals surface area (Å²) in [5, 5.41) is -0.280. The zero-order chi connectivity index (χ0) is 14.0. The Morgan fingerprint density at radius 1 is 1.21 bits per heavy atom. The van der Waals surface area contributed by atoms with Crippen LogP contribution in [0.3, 0.4) is 0 Å². The Morgan fingerprint density at radius 2 is 1.95 bits per heavy atom. The largest absolute Gasteiger partial charge is 0.493 e. The van der Waals surface area contributed by atoms with Gasteiger partial charge in [-0.3, -0.25) is 14.5 Å². The summed E-state index contributed by atoms with van der Waals surface area (Å²) in [5.74, 6) is 0.805. The van der Waals surface area contributed by atoms with Crippen LogP contribution in [-0.2, 0) is 4.79 Å². The first-order chi connectivity index (χ1) is 9.08. The number of para-hydroxylation sites is 1. The molecule has 1 fully saturated rings. The normalized spacial score (nSPS) is 17.2. The molecule has 1 aliphatic rings. The van der Waals surface area contributed by atoms with E-state index in [-0.39, 0.29) is 11.1 Å². The summed E-state index contributed by atoms with van der Waals surface area (Å²) in [6, 6.07) is 5.36. The van der Waals surface area contributed by atoms with Gasteiger partial charge in [-0.25, -0.2) is 0 Å². The van der Waals surface area contributed by atoms with E-state index < -0.39 is 0 Å². The molecule has 1 saturated heterocycles. The highest BCUT2D eigenvalue weighted by Crippen LogP contribution is 2.36. The van der Waals surface area contributed by atoms with Crippen LogP contribution in [0.4, 0.5) is 4.79 Å². The molecule has 0 unspecified atom stereocenters. The lowest BCUT2D eigenvalue weighted by Crippen LogP contribution is -2.22. The summed E-state index contributed by atoms with van der Waals surface area (Å²) in [4.78, 5) is 24.7. The number of benzene rings is 1. The molecule has 19 heavy (non-hydrogen) atoms. The molecular weight excluding hydrogens is 266 g/mol. The molecule has 2 rings (SSSR count). The second kappa shape index (κ2) is 5.36. The van der Waals surface area contributed by atoms with Gasteiger partial charge in [-0.05, 0) is 23.9 Å². The van der Waals surface area contributed by atoms with Crippen LogP contribution in [0.15, 0.2) is 23.1 Å². The predicted octanol–water partition coefficient (Wildman–Crippen LogP) is 2.37. The number of imide groups is 1. The molecule has 0 spiro atoms. The summed E-state index contributed by atoms with van der Waals surface area (Å²) in [7, 11) is 4.53. The van der Waals surface area contributed by atoms with E-state index >= 15 is 0 Å². The third-order valence-corrected chi connectivity index (χ3v) is 3.67. The predicted molar refractivity (Wildman–Crippen MR) is 73.3 cm³/mol. The average molecular weight is 279 g/mol. The first-order valence-electron chi connectivity index (χ1n) is 5.51. The summed E-state index contributed by atoms with van der Waals surface area (Å²) >= 11 is 0.911. The fourth-order valence-electron chi connectivity index (χ4n) is 1.71. The molecular formula is C13H13NO4S. The van der Waals surface area contributed by atoms with E-state index in [2.05, 4.69) is 0 Å². The zero-order valence-electron chi connectivity index (χ0n) is 10.8. The number of rotatable bonds is 3. The van der Waals surface area contributed by atoms with Crippen molar-refractivity contribution in [3.05, 3.63) is 28.7 Å². The first kappa shape index (κ1) is 13.5. The van der Waals surface area contributed by atoms with E-state index in [0.717, 1.165) is 16.7 Å². The highest BCUT2D eigenvalue weighted by atomic mass is 32.2. The minimum Gasteiger partial charge on any atom is -0.493 e. The van der Waals surface area contributed by atoms with Gasteiger partial charge in [0.15, 0.2) is 11.5 Å². The van der Waals surface area contributed by atoms with E-state index in [9.17, 15) is 9.59 Å². The molecule has 0 N–H and O–H groups in total. The van der Waals surface area contributed by atoms with Crippen LogP contribution < -0.4 is 9.47 Å². The molecule has 0 bridgehead atoms. The minimum atomic E-state index is -0.306. The van der Waals surface area contributed by atoms with E-state index in [0.29, 0.717) is 22.0 Å². The second-order valence-corrected chi connectivity index (χ2v) is 4.82. The van der Waals surface area contributed by atoms with E-state index in [1.165, 1.54) is 14.2 Å². The van der Waals surface area contributed by atoms with Crippen molar-refractivity contribution in [2.45, 2.75) is 0 Å². The molecule has 0 aliphatic carbocycles. The monoisotopic (exact) mass is 279 g/mol. The van der Waals surface area contributed by atoms with Crippen LogP contribution in [-0.4, -0.2) is 37.3 Å². The quantitative estimate of drug-likeness (QED) is 0.795. The Kier molecular flexibility index (Phi) is 3.80. The number of amides is 2. The number of hydrogen-bond donors (Lipinski definition) is 0. The van der Waals surface area contributed by atoms with Crippen LogP contribution in [0.2, 0.25) is 0 Å². The number of nitrogens with zero attached hydrogens (tertiary/aromatic N) is 1. The fraction of sp³-hybridized carbons (Fsp3) is 0.231. The third kappa shape index (κ3) is 2.44. The van der Waals surface area contributed by atoms with Gasteiger partial charge in [0.05, 0.1) is 19.1 Å². The lowest BCUT2D eigenvalue weighted by atomic mass is 10.1. The smallest absolute Gasteiger partial charge is 0.293 e. The molecule has 1 aromatic carbocycles. The molecule has 0 radical (unpaired) electrons. The topological polar surface area (TPSA) is 55.8 Å². The van der Waals surface area contributed by atoms with Crippen molar-refractivity contribution < 1.29 is 19.1 Å². The van der Waals surface area contributed by atoms with Crippen molar-refractivity contribution in [2.24, 2.45) is 0 Å². The Morgan fingerprint density at radius 3 is 2.47 bits per heavy atom. The summed E-state index contributed by atoms with van der Waals surface area (Å²) in [5.41, 5.74) is 0.695. The van der Waals surface area contributed by atoms with Gasteiger partial charge in [0, 0.05) is 12.6 Å². The van der Waals surface area contributed by atoms with Crippen LogP contribution in [0, 0.1) is 0 Å². The van der Waals surface area contributed by atoms with Gasteiger partial charge in [0.1, 0.15) is 0 Å². The summed E-state index contributed by atoms with van der Waals surface area (Å²) < 4.78 is 10.5. The molecule has 0 saturated carbocycles. The molecule has 2 amide bonds. The number of ether oxygens (including phenoxy) is 2. The fourth-order valence-corrected chi connectivity index (χ4v) is 2.53. The van der Waals surface area contributed by atoms with Crippen LogP contribution in [0.25, 0.3) is 6.08 Å². The van der Waals surface area contributed by atoms with Crippen molar-refractivity contribution in [3.8, 4) is 11.5 Å². The summed E-state index contributed by atoms with van der Waals surface area (Å²) in [6.07, 6.45) is 1.63. The van der Waals surface area contributed by atoms with Gasteiger partial charge >= 0.3 is 0 Å². The van der Waals surface area contributed by atoms with Crippen LogP contribution in [0.1, 0.15) is 5.56 Å². The molecule has 0 aromatic heterocycles. The number of carbonyl (C=O) groups excluding carboxylic acids is 2. The van der Waals surface area contributed by atoms with Crippen molar-refractivity contribution in [2.75, 3.05) is 21.3 Å². The van der Waals surface area contributed by atoms with Crippen LogP contribution in [0.5, 0.6) is 11.5 Å². The maximum atomic E-state index is 11.8. The molecule has 1 aliphatic heterocycles. The van der Waals surface area contributed by atoms with Crippen molar-refractivity contribution in [1.82, 2.24) is 4.90 Å². The molecule has 0 atom stereocenters. The average Bonchev–Trinajstić information content (AvgIpc) is 2.66. The van der Waals surface area contributed by atoms with Crippen molar-refractivity contribution in [1.29, 1.82) is 0 Å². The van der Waals surface area contributed by atoms with Crippen molar-refractivity contribution in [3.63, 3.8) is 0 Å². The van der Waals surface area contributed by atoms with E-state index in [1.54, 1.807) is 31.4 Å². The molecule has 100 valence electrons. The Labute approximate surface area is 115 Å². The standard InChI is InChI=1S/C13H13NO4S/c1-14-12(15)10(19-13(14)16)7-8-5-4-6-9(17-2)11(8)18-3/h4-7H,1-3H3/b10-7-. The van der Waals surface area contributed by atoms with E-state index in [1.807, 2.05) is 0 Å². The molecule has 5 nitrogen and oxygen atoms in total. The maximum absolute atomic E-state index is 11.8. The lowest BCUT2D eigenvalue weighted by Gasteiger charge is -2.10. The number of thioether (sulfide) groups is 1. The van der Waals surface area contributed by atoms with Gasteiger partial charge in [0.2, 0.25) is 0 Å². The highest BCUT2D eigenvalue weighted by molar-refractivity contribution is 8.18. The van der Waals surface area contributed by atoms with Gasteiger partial charge in [-0.1, -0.05) is 12.1 Å². The number of hydrogen-bond acceptors (Lipinski definition) is 5. The molecule has 1 aromatic rings. The first-order valence-corrected chi connectivity index (χ1v) is 6.32. The van der Waals surface area contributed by atoms with Gasteiger partial charge in [-0.2, -0.15) is 0 Å². The van der Waals surface area contributed by atoms with Gasteiger partial charge < -0.3 is 9.47 Å². The van der Waals surface area contributed by atoms with E-state index in [4.69, 9.17) is 9.47 Å².